The van der Waals surface area contributed by atoms with Gasteiger partial charge in [-0.2, -0.15) is 0 Å². The van der Waals surface area contributed by atoms with Crippen LogP contribution in [0.4, 0.5) is 4.39 Å². The van der Waals surface area contributed by atoms with E-state index in [0.29, 0.717) is 23.2 Å². The number of aliphatic hydroxyl groups is 2. The molecule has 0 radical (unpaired) electrons. The first-order valence-electron chi connectivity index (χ1n) is 11.0. The lowest BCUT2D eigenvalue weighted by Crippen LogP contribution is -2.40. The largest absolute Gasteiger partial charge is 0.387 e. The number of hydrogen-bond acceptors (Lipinski definition) is 12. The second kappa shape index (κ2) is 14.1. The van der Waals surface area contributed by atoms with Crippen molar-refractivity contribution in [2.24, 2.45) is 0 Å². The lowest BCUT2D eigenvalue weighted by atomic mass is 10.1. The van der Waals surface area contributed by atoms with E-state index < -0.39 is 60.1 Å². The maximum absolute atomic E-state index is 13.6. The van der Waals surface area contributed by atoms with Crippen molar-refractivity contribution in [3.05, 3.63) is 66.4 Å². The molecule has 1 aliphatic rings. The standard InChI is InChI=1S/C22H26FN3O10P2/c1-25(22-21(30)20(29)18(35-22)12-34-38(33)36-37(31)32)8-6-19(28)26(13-27)11-17-10-15(5-7-24-17)14-3-2-4-16(23)9-14/h2-10,13,18,20-22,29-33H,11-12H2,1H3/b8-6-. The summed E-state index contributed by atoms with van der Waals surface area (Å²) < 4.78 is 28.2. The summed E-state index contributed by atoms with van der Waals surface area (Å²) in [7, 11) is -4.03. The van der Waals surface area contributed by atoms with Gasteiger partial charge in [0.05, 0.1) is 18.8 Å². The second-order valence-electron chi connectivity index (χ2n) is 8.01. The van der Waals surface area contributed by atoms with Crippen LogP contribution in [-0.2, 0) is 29.7 Å². The van der Waals surface area contributed by atoms with Crippen molar-refractivity contribution in [2.75, 3.05) is 13.7 Å². The summed E-state index contributed by atoms with van der Waals surface area (Å²) in [5, 5.41) is 20.5. The lowest BCUT2D eigenvalue weighted by molar-refractivity contribution is -0.135. The zero-order valence-corrected chi connectivity index (χ0v) is 21.7. The molecular weight excluding hydrogens is 547 g/mol. The van der Waals surface area contributed by atoms with Gasteiger partial charge in [0.2, 0.25) is 6.41 Å². The van der Waals surface area contributed by atoms with Gasteiger partial charge in [-0.15, -0.1) is 0 Å². The number of halogens is 1. The fraction of sp³-hybridized carbons (Fsp3) is 0.318. The highest BCUT2D eigenvalue weighted by molar-refractivity contribution is 7.54. The Balaban J connectivity index is 1.59. The van der Waals surface area contributed by atoms with Gasteiger partial charge < -0.3 is 39.1 Å². The Morgan fingerprint density at radius 3 is 2.61 bits per heavy atom. The van der Waals surface area contributed by atoms with Gasteiger partial charge in [0.25, 0.3) is 5.91 Å². The first kappa shape index (κ1) is 30.1. The Bertz CT molecular complexity index is 1130. The smallest absolute Gasteiger partial charge is 0.337 e. The number of imide groups is 1. The van der Waals surface area contributed by atoms with E-state index in [1.165, 1.54) is 36.5 Å². The highest BCUT2D eigenvalue weighted by Gasteiger charge is 2.44. The Morgan fingerprint density at radius 2 is 1.92 bits per heavy atom. The van der Waals surface area contributed by atoms with Gasteiger partial charge in [-0.25, -0.2) is 8.70 Å². The van der Waals surface area contributed by atoms with Crippen LogP contribution < -0.4 is 0 Å². The summed E-state index contributed by atoms with van der Waals surface area (Å²) in [6.07, 6.45) is -0.956. The van der Waals surface area contributed by atoms with Crippen LogP contribution in [0.5, 0.6) is 0 Å². The molecule has 2 aromatic rings. The molecule has 0 saturated carbocycles. The van der Waals surface area contributed by atoms with Gasteiger partial charge in [-0.3, -0.25) is 19.5 Å². The molecule has 1 aromatic heterocycles. The van der Waals surface area contributed by atoms with Crippen LogP contribution in [0, 0.1) is 5.82 Å². The third kappa shape index (κ3) is 8.26. The van der Waals surface area contributed by atoms with Gasteiger partial charge >= 0.3 is 17.2 Å². The fourth-order valence-electron chi connectivity index (χ4n) is 3.54. The Morgan fingerprint density at radius 1 is 1.18 bits per heavy atom. The van der Waals surface area contributed by atoms with E-state index in [9.17, 15) is 29.1 Å². The Hall–Kier alpha value is -2.48. The molecule has 1 fully saturated rings. The van der Waals surface area contributed by atoms with E-state index in [-0.39, 0.29) is 6.54 Å². The molecule has 5 N–H and O–H groups in total. The minimum absolute atomic E-state index is 0.156. The molecule has 2 amide bonds. The second-order valence-corrected chi connectivity index (χ2v) is 9.91. The number of nitrogens with zero attached hydrogens (tertiary/aromatic N) is 3. The zero-order chi connectivity index (χ0) is 27.8. The van der Waals surface area contributed by atoms with Crippen LogP contribution in [0.1, 0.15) is 5.69 Å². The number of hydrogen-bond donors (Lipinski definition) is 5. The van der Waals surface area contributed by atoms with Crippen LogP contribution >= 0.6 is 17.2 Å². The third-order valence-electron chi connectivity index (χ3n) is 5.40. The number of amides is 2. The molecule has 1 aromatic carbocycles. The zero-order valence-electron chi connectivity index (χ0n) is 19.9. The third-order valence-corrected chi connectivity index (χ3v) is 6.91. The monoisotopic (exact) mass is 573 g/mol. The van der Waals surface area contributed by atoms with Gasteiger partial charge in [-0.05, 0) is 35.4 Å². The SMILES string of the molecule is CN(/C=C\C(=O)N(C=O)Cc1cc(-c2cccc(F)c2)ccn1)C1OC(COP(O)OP(O)O)C(O)C1O. The highest BCUT2D eigenvalue weighted by Crippen LogP contribution is 2.46. The summed E-state index contributed by atoms with van der Waals surface area (Å²) in [5.41, 5.74) is 1.65. The van der Waals surface area contributed by atoms with Crippen molar-refractivity contribution in [3.63, 3.8) is 0 Å². The summed E-state index contributed by atoms with van der Waals surface area (Å²) >= 11 is 0. The summed E-state index contributed by atoms with van der Waals surface area (Å²) in [6, 6.07) is 9.25. The molecule has 13 nitrogen and oxygen atoms in total. The van der Waals surface area contributed by atoms with Crippen LogP contribution in [-0.4, -0.2) is 90.2 Å². The van der Waals surface area contributed by atoms with Gasteiger partial charge in [0, 0.05) is 25.5 Å². The molecule has 0 bridgehead atoms. The van der Waals surface area contributed by atoms with Gasteiger partial charge in [0.15, 0.2) is 6.23 Å². The number of carbonyl (C=O) groups excluding carboxylic acids is 2. The molecule has 5 atom stereocenters. The van der Waals surface area contributed by atoms with E-state index >= 15 is 0 Å². The molecule has 0 aliphatic carbocycles. The molecular formula is C22H26FN3O10P2. The van der Waals surface area contributed by atoms with Crippen LogP contribution in [0.3, 0.4) is 0 Å². The van der Waals surface area contributed by atoms with Crippen molar-refractivity contribution in [1.29, 1.82) is 0 Å². The van der Waals surface area contributed by atoms with Crippen LogP contribution in [0.2, 0.25) is 0 Å². The fourth-order valence-corrected chi connectivity index (χ4v) is 4.51. The molecule has 1 aliphatic heterocycles. The first-order chi connectivity index (χ1) is 18.1. The quantitative estimate of drug-likeness (QED) is 0.137. The maximum atomic E-state index is 13.6. The minimum Gasteiger partial charge on any atom is -0.387 e. The van der Waals surface area contributed by atoms with E-state index in [0.717, 1.165) is 11.0 Å². The summed E-state index contributed by atoms with van der Waals surface area (Å²) in [5.74, 6) is -1.11. The molecule has 1 saturated heterocycles. The molecule has 38 heavy (non-hydrogen) atoms. The van der Waals surface area contributed by atoms with Crippen molar-refractivity contribution in [2.45, 2.75) is 31.1 Å². The van der Waals surface area contributed by atoms with Crippen molar-refractivity contribution in [1.82, 2.24) is 14.8 Å². The molecule has 2 heterocycles. The number of pyridine rings is 1. The lowest BCUT2D eigenvalue weighted by Gasteiger charge is -2.25. The normalized spacial score (nSPS) is 22.1. The first-order valence-corrected chi connectivity index (χ1v) is 13.2. The van der Waals surface area contributed by atoms with Crippen LogP contribution in [0.25, 0.3) is 11.1 Å². The van der Waals surface area contributed by atoms with E-state index in [1.807, 2.05) is 0 Å². The predicted octanol–water partition coefficient (Wildman–Crippen LogP) is 0.729. The van der Waals surface area contributed by atoms with Crippen molar-refractivity contribution in [3.8, 4) is 11.1 Å². The number of likely N-dealkylation sites (N-methyl/N-ethyl adjacent to an activating group) is 1. The summed E-state index contributed by atoms with van der Waals surface area (Å²) in [4.78, 5) is 57.4. The molecule has 0 spiro atoms. The number of ether oxygens (including phenoxy) is 1. The van der Waals surface area contributed by atoms with E-state index in [4.69, 9.17) is 19.0 Å². The number of rotatable bonds is 12. The number of aliphatic hydroxyl groups excluding tert-OH is 2. The minimum atomic E-state index is -2.85. The van der Waals surface area contributed by atoms with E-state index in [2.05, 4.69) is 9.29 Å². The molecule has 206 valence electrons. The van der Waals surface area contributed by atoms with Gasteiger partial charge in [0.1, 0.15) is 24.1 Å². The highest BCUT2D eigenvalue weighted by atomic mass is 31.2. The Labute approximate surface area is 219 Å². The maximum Gasteiger partial charge on any atom is 0.337 e. The summed E-state index contributed by atoms with van der Waals surface area (Å²) in [6.45, 7) is -0.590. The average Bonchev–Trinajstić information content (AvgIpc) is 3.17. The number of benzene rings is 1. The molecule has 5 unspecified atom stereocenters. The number of aromatic nitrogens is 1. The average molecular weight is 573 g/mol. The van der Waals surface area contributed by atoms with Crippen molar-refractivity contribution >= 4 is 29.5 Å². The van der Waals surface area contributed by atoms with Gasteiger partial charge in [-0.1, -0.05) is 12.1 Å². The topological polar surface area (TPSA) is 182 Å². The molecule has 16 heteroatoms. The van der Waals surface area contributed by atoms with Crippen LogP contribution in [0.15, 0.2) is 54.9 Å². The predicted molar refractivity (Wildman–Crippen MR) is 131 cm³/mol. The van der Waals surface area contributed by atoms with Crippen molar-refractivity contribution < 1.29 is 52.4 Å². The number of carbonyl (C=O) groups is 2. The molecule has 3 rings (SSSR count). The van der Waals surface area contributed by atoms with E-state index in [1.54, 1.807) is 24.3 Å². The Kier molecular flexibility index (Phi) is 11.1.